The fourth-order valence-corrected chi connectivity index (χ4v) is 9.26. The molecule has 9 aromatic rings. The Kier molecular flexibility index (Phi) is 11.3. The Morgan fingerprint density at radius 3 is 2.03 bits per heavy atom. The second-order valence-corrected chi connectivity index (χ2v) is 16.1. The summed E-state index contributed by atoms with van der Waals surface area (Å²) >= 11 is 0. The SMILES string of the molecule is C=C/C=C(\C=C/C)c1nc(-c2ccccc2)nc(-c2cccc3c4cccc(-c5ccc6c(c5)c5cc(C(/C=C\C)=C/CC)ccc5n6-c5ccccc5)c4n(C4=CC=CCC=C4)c23)n1. The molecule has 0 spiro atoms. The minimum absolute atomic E-state index is 0.581. The highest BCUT2D eigenvalue weighted by Crippen LogP contribution is 2.44. The van der Waals surface area contributed by atoms with Crippen LogP contribution in [-0.2, 0) is 0 Å². The van der Waals surface area contributed by atoms with Crippen molar-refractivity contribution in [2.75, 3.05) is 0 Å². The molecule has 3 heterocycles. The maximum Gasteiger partial charge on any atom is 0.166 e. The van der Waals surface area contributed by atoms with Crippen molar-refractivity contribution < 1.29 is 0 Å². The topological polar surface area (TPSA) is 48.5 Å². The summed E-state index contributed by atoms with van der Waals surface area (Å²) in [5.74, 6) is 1.78. The first-order chi connectivity index (χ1) is 32.1. The van der Waals surface area contributed by atoms with Gasteiger partial charge in [0, 0.05) is 55.2 Å². The number of benzene rings is 6. The lowest BCUT2D eigenvalue weighted by molar-refractivity contribution is 1.04. The molecule has 0 saturated carbocycles. The molecular formula is C60H49N5. The fraction of sp³-hybridized carbons (Fsp3) is 0.0833. The van der Waals surface area contributed by atoms with E-state index >= 15 is 0 Å². The number of rotatable bonds is 11. The number of aromatic nitrogens is 5. The highest BCUT2D eigenvalue weighted by Gasteiger charge is 2.23. The van der Waals surface area contributed by atoms with Crippen LogP contribution in [0.3, 0.4) is 0 Å². The van der Waals surface area contributed by atoms with Gasteiger partial charge in [0.05, 0.1) is 22.1 Å². The Morgan fingerprint density at radius 1 is 0.615 bits per heavy atom. The molecule has 0 amide bonds. The van der Waals surface area contributed by atoms with Crippen molar-refractivity contribution in [3.05, 3.63) is 224 Å². The van der Waals surface area contributed by atoms with Gasteiger partial charge in [-0.15, -0.1) is 0 Å². The van der Waals surface area contributed by atoms with E-state index in [4.69, 9.17) is 15.0 Å². The third-order valence-corrected chi connectivity index (χ3v) is 12.0. The molecule has 0 N–H and O–H groups in total. The Labute approximate surface area is 380 Å². The first kappa shape index (κ1) is 40.9. The molecule has 5 nitrogen and oxygen atoms in total. The zero-order valence-corrected chi connectivity index (χ0v) is 37.0. The molecule has 5 heteroatoms. The predicted molar refractivity (Wildman–Crippen MR) is 277 cm³/mol. The van der Waals surface area contributed by atoms with E-state index in [0.29, 0.717) is 17.5 Å². The van der Waals surface area contributed by atoms with Crippen molar-refractivity contribution in [1.29, 1.82) is 0 Å². The van der Waals surface area contributed by atoms with Crippen LogP contribution in [0.1, 0.15) is 45.0 Å². The predicted octanol–water partition coefficient (Wildman–Crippen LogP) is 15.9. The van der Waals surface area contributed by atoms with Crippen LogP contribution in [-0.4, -0.2) is 24.1 Å². The van der Waals surface area contributed by atoms with Gasteiger partial charge in [-0.3, -0.25) is 0 Å². The van der Waals surface area contributed by atoms with Gasteiger partial charge in [0.2, 0.25) is 0 Å². The van der Waals surface area contributed by atoms with Crippen LogP contribution in [0.2, 0.25) is 0 Å². The van der Waals surface area contributed by atoms with Crippen LogP contribution in [0, 0.1) is 0 Å². The summed E-state index contributed by atoms with van der Waals surface area (Å²) in [6.07, 6.45) is 27.2. The number of fused-ring (bicyclic) bond motifs is 6. The molecule has 0 aliphatic heterocycles. The van der Waals surface area contributed by atoms with E-state index in [1.807, 2.05) is 55.5 Å². The molecule has 0 unspecified atom stereocenters. The third-order valence-electron chi connectivity index (χ3n) is 12.0. The molecule has 0 atom stereocenters. The summed E-state index contributed by atoms with van der Waals surface area (Å²) in [6, 6.07) is 47.9. The van der Waals surface area contributed by atoms with Crippen molar-refractivity contribution >= 4 is 60.5 Å². The summed E-state index contributed by atoms with van der Waals surface area (Å²) in [5, 5.41) is 4.68. The van der Waals surface area contributed by atoms with Crippen molar-refractivity contribution in [2.24, 2.45) is 0 Å². The van der Waals surface area contributed by atoms with Crippen LogP contribution in [0.4, 0.5) is 0 Å². The second kappa shape index (κ2) is 17.9. The van der Waals surface area contributed by atoms with Crippen LogP contribution in [0.5, 0.6) is 0 Å². The summed E-state index contributed by atoms with van der Waals surface area (Å²) in [6.45, 7) is 10.3. The van der Waals surface area contributed by atoms with Crippen molar-refractivity contribution in [2.45, 2.75) is 33.6 Å². The molecule has 1 aliphatic rings. The van der Waals surface area contributed by atoms with Crippen molar-refractivity contribution in [3.63, 3.8) is 0 Å². The molecule has 0 radical (unpaired) electrons. The van der Waals surface area contributed by atoms with Gasteiger partial charge in [-0.2, -0.15) is 0 Å². The molecule has 3 aromatic heterocycles. The Balaban J connectivity index is 1.27. The summed E-state index contributed by atoms with van der Waals surface area (Å²) in [7, 11) is 0. The van der Waals surface area contributed by atoms with E-state index in [9.17, 15) is 0 Å². The van der Waals surface area contributed by atoms with Crippen LogP contribution < -0.4 is 0 Å². The highest BCUT2D eigenvalue weighted by molar-refractivity contribution is 6.19. The van der Waals surface area contributed by atoms with Crippen molar-refractivity contribution in [3.8, 4) is 39.6 Å². The molecule has 0 bridgehead atoms. The van der Waals surface area contributed by atoms with Crippen molar-refractivity contribution in [1.82, 2.24) is 24.1 Å². The summed E-state index contributed by atoms with van der Waals surface area (Å²) in [5.41, 5.74) is 14.1. The number of hydrogen-bond acceptors (Lipinski definition) is 3. The number of hydrogen-bond donors (Lipinski definition) is 0. The quantitative estimate of drug-likeness (QED) is 0.122. The first-order valence-electron chi connectivity index (χ1n) is 22.4. The molecule has 65 heavy (non-hydrogen) atoms. The summed E-state index contributed by atoms with van der Waals surface area (Å²) < 4.78 is 4.82. The molecule has 0 saturated heterocycles. The second-order valence-electron chi connectivity index (χ2n) is 16.1. The normalized spacial score (nSPS) is 13.6. The Morgan fingerprint density at radius 2 is 1.29 bits per heavy atom. The smallest absolute Gasteiger partial charge is 0.166 e. The number of para-hydroxylation sites is 3. The van der Waals surface area contributed by atoms with Gasteiger partial charge in [0.1, 0.15) is 0 Å². The van der Waals surface area contributed by atoms with E-state index in [2.05, 4.69) is 181 Å². The largest absolute Gasteiger partial charge is 0.309 e. The fourth-order valence-electron chi connectivity index (χ4n) is 9.26. The van der Waals surface area contributed by atoms with E-state index < -0.39 is 0 Å². The number of nitrogens with zero attached hydrogens (tertiary/aromatic N) is 5. The van der Waals surface area contributed by atoms with Gasteiger partial charge in [-0.25, -0.2) is 15.0 Å². The maximum atomic E-state index is 5.24. The average Bonchev–Trinajstić information content (AvgIpc) is 3.72. The van der Waals surface area contributed by atoms with E-state index in [-0.39, 0.29) is 0 Å². The third kappa shape index (κ3) is 7.51. The van der Waals surface area contributed by atoms with Crippen LogP contribution in [0.15, 0.2) is 213 Å². The van der Waals surface area contributed by atoms with Gasteiger partial charge >= 0.3 is 0 Å². The van der Waals surface area contributed by atoms with E-state index in [1.165, 1.54) is 27.4 Å². The molecule has 6 aromatic carbocycles. The van der Waals surface area contributed by atoms with E-state index in [1.54, 1.807) is 6.08 Å². The minimum atomic E-state index is 0.581. The van der Waals surface area contributed by atoms with Gasteiger partial charge in [0.15, 0.2) is 17.5 Å². The molecule has 0 fully saturated rings. The lowest BCUT2D eigenvalue weighted by Gasteiger charge is -2.15. The van der Waals surface area contributed by atoms with Gasteiger partial charge < -0.3 is 9.13 Å². The van der Waals surface area contributed by atoms with Gasteiger partial charge in [-0.05, 0) is 98.0 Å². The van der Waals surface area contributed by atoms with Gasteiger partial charge in [0.25, 0.3) is 0 Å². The zero-order valence-electron chi connectivity index (χ0n) is 37.0. The minimum Gasteiger partial charge on any atom is -0.309 e. The lowest BCUT2D eigenvalue weighted by Crippen LogP contribution is -2.04. The highest BCUT2D eigenvalue weighted by atomic mass is 15.1. The molecule has 1 aliphatic carbocycles. The average molecular weight is 840 g/mol. The standard InChI is InChI=1S/C60H49N5/c1-5-21-41(22-6-2)44-35-37-54-52(39-44)53-40-45(36-38-55(53)64(54)46-27-17-12-18-28-46)48-31-19-32-49-50-33-20-34-51(57(50)65(56(48)49)47-29-15-9-10-16-30-47)60-62-58(42(23-7-3)24-8-4)61-59(63-60)43-25-13-11-14-26-43/h5,7-9,11-40H,3,6,10H2,1-2,4H3/b21-5-,24-8-,41-22+,42-23+. The summed E-state index contributed by atoms with van der Waals surface area (Å²) in [4.78, 5) is 15.5. The van der Waals surface area contributed by atoms with Gasteiger partial charge in [-0.1, -0.05) is 165 Å². The maximum absolute atomic E-state index is 5.24. The lowest BCUT2D eigenvalue weighted by atomic mass is 9.98. The molecule has 10 rings (SSSR count). The molecular weight excluding hydrogens is 791 g/mol. The molecule has 314 valence electrons. The van der Waals surface area contributed by atoms with Crippen LogP contribution >= 0.6 is 0 Å². The number of allylic oxidation sites excluding steroid dienone is 15. The van der Waals surface area contributed by atoms with E-state index in [0.717, 1.165) is 79.4 Å². The first-order valence-corrected chi connectivity index (χ1v) is 22.4. The zero-order chi connectivity index (χ0) is 44.3. The van der Waals surface area contributed by atoms with Crippen LogP contribution in [0.25, 0.3) is 100 Å². The monoisotopic (exact) mass is 839 g/mol. The Bertz CT molecular complexity index is 3510. The Hall–Kier alpha value is -8.15.